The number of ketones is 1. The molecule has 1 nitrogen and oxygen atoms in total. The Kier molecular flexibility index (Phi) is 3.74. The summed E-state index contributed by atoms with van der Waals surface area (Å²) >= 11 is 0. The summed E-state index contributed by atoms with van der Waals surface area (Å²) in [5, 5.41) is 0. The molecule has 0 N–H and O–H groups in total. The van der Waals surface area contributed by atoms with Gasteiger partial charge in [-0.2, -0.15) is 0 Å². The first-order valence-corrected chi connectivity index (χ1v) is 7.53. The molecule has 2 aromatic rings. The topological polar surface area (TPSA) is 17.1 Å². The van der Waals surface area contributed by atoms with Crippen molar-refractivity contribution in [3.8, 4) is 11.1 Å². The fraction of sp³-hybridized carbons (Fsp3) is 0.250. The van der Waals surface area contributed by atoms with Gasteiger partial charge < -0.3 is 4.79 Å². The molecule has 3 rings (SSSR count). The third kappa shape index (κ3) is 2.69. The van der Waals surface area contributed by atoms with E-state index in [1.165, 1.54) is 33.4 Å². The average Bonchev–Trinajstić information content (AvgIpc) is 2.85. The molecule has 0 amide bonds. The molecule has 0 atom stereocenters. The van der Waals surface area contributed by atoms with E-state index in [9.17, 15) is 4.79 Å². The molecule has 0 aliphatic heterocycles. The van der Waals surface area contributed by atoms with Gasteiger partial charge in [0.2, 0.25) is 0 Å². The van der Waals surface area contributed by atoms with Crippen molar-refractivity contribution in [2.24, 2.45) is 0 Å². The molecule has 0 heterocycles. The van der Waals surface area contributed by atoms with Gasteiger partial charge in [-0.25, -0.2) is 0 Å². The molecule has 21 heavy (non-hydrogen) atoms. The van der Waals surface area contributed by atoms with Crippen LogP contribution in [-0.4, -0.2) is 5.78 Å². The second kappa shape index (κ2) is 5.69. The van der Waals surface area contributed by atoms with Crippen LogP contribution in [0.25, 0.3) is 16.7 Å². The summed E-state index contributed by atoms with van der Waals surface area (Å²) in [7, 11) is 0. The summed E-state index contributed by atoms with van der Waals surface area (Å²) in [4.78, 5) is 11.1. The van der Waals surface area contributed by atoms with Crippen molar-refractivity contribution in [3.05, 3.63) is 65.2 Å². The third-order valence-electron chi connectivity index (χ3n) is 4.22. The molecule has 0 saturated heterocycles. The molecule has 1 aliphatic rings. The Morgan fingerprint density at radius 1 is 1.05 bits per heavy atom. The zero-order chi connectivity index (χ0) is 14.8. The van der Waals surface area contributed by atoms with Crippen molar-refractivity contribution in [1.82, 2.24) is 0 Å². The average molecular weight is 276 g/mol. The molecule has 0 radical (unpaired) electrons. The fourth-order valence-corrected chi connectivity index (χ4v) is 3.13. The van der Waals surface area contributed by atoms with Gasteiger partial charge in [0, 0.05) is 6.42 Å². The Morgan fingerprint density at radius 2 is 1.81 bits per heavy atom. The summed E-state index contributed by atoms with van der Waals surface area (Å²) in [6.45, 7) is 3.80. The fourth-order valence-electron chi connectivity index (χ4n) is 3.13. The van der Waals surface area contributed by atoms with E-state index in [0.717, 1.165) is 12.8 Å². The number of hydrogen-bond acceptors (Lipinski definition) is 1. The van der Waals surface area contributed by atoms with Gasteiger partial charge in [-0.3, -0.25) is 0 Å². The van der Waals surface area contributed by atoms with E-state index >= 15 is 0 Å². The molecular formula is C20H20O. The van der Waals surface area contributed by atoms with Crippen LogP contribution in [-0.2, 0) is 11.2 Å². The number of rotatable bonds is 4. The maximum absolute atomic E-state index is 11.1. The lowest BCUT2D eigenvalue weighted by Gasteiger charge is -2.09. The van der Waals surface area contributed by atoms with Crippen LogP contribution in [0.1, 0.15) is 43.4 Å². The monoisotopic (exact) mass is 276 g/mol. The molecule has 106 valence electrons. The molecule has 0 spiro atoms. The molecule has 1 aliphatic carbocycles. The van der Waals surface area contributed by atoms with E-state index in [2.05, 4.69) is 55.5 Å². The van der Waals surface area contributed by atoms with Crippen LogP contribution in [0.5, 0.6) is 0 Å². The minimum atomic E-state index is 0.254. The number of carbonyl (C=O) groups is 1. The van der Waals surface area contributed by atoms with Crippen molar-refractivity contribution in [2.75, 3.05) is 0 Å². The first-order valence-electron chi connectivity index (χ1n) is 7.53. The highest BCUT2D eigenvalue weighted by atomic mass is 16.1. The second-order valence-corrected chi connectivity index (χ2v) is 5.79. The first kappa shape index (κ1) is 13.8. The highest BCUT2D eigenvalue weighted by Gasteiger charge is 2.20. The quantitative estimate of drug-likeness (QED) is 0.653. The maximum Gasteiger partial charge on any atom is 0.130 e. The van der Waals surface area contributed by atoms with Crippen molar-refractivity contribution in [2.45, 2.75) is 33.1 Å². The number of benzene rings is 2. The highest BCUT2D eigenvalue weighted by molar-refractivity contribution is 5.83. The summed E-state index contributed by atoms with van der Waals surface area (Å²) in [5.74, 6) is 0.254. The number of hydrogen-bond donors (Lipinski definition) is 0. The van der Waals surface area contributed by atoms with Gasteiger partial charge in [-0.1, -0.05) is 48.5 Å². The molecule has 0 aromatic heterocycles. The summed E-state index contributed by atoms with van der Waals surface area (Å²) in [5.41, 5.74) is 8.17. The molecule has 1 heteroatoms. The van der Waals surface area contributed by atoms with Crippen LogP contribution in [0.15, 0.2) is 48.5 Å². The summed E-state index contributed by atoms with van der Waals surface area (Å²) in [6, 6.07) is 15.2. The van der Waals surface area contributed by atoms with E-state index in [0.29, 0.717) is 6.42 Å². The van der Waals surface area contributed by atoms with E-state index in [1.54, 1.807) is 6.92 Å². The van der Waals surface area contributed by atoms with E-state index in [4.69, 9.17) is 0 Å². The first-order chi connectivity index (χ1) is 10.2. The number of carbonyl (C=O) groups excluding carboxylic acids is 1. The highest BCUT2D eigenvalue weighted by Crippen LogP contribution is 2.39. The smallest absolute Gasteiger partial charge is 0.130 e. The van der Waals surface area contributed by atoms with Gasteiger partial charge in [-0.05, 0) is 60.1 Å². The van der Waals surface area contributed by atoms with Gasteiger partial charge in [0.25, 0.3) is 0 Å². The normalized spacial score (nSPS) is 13.0. The summed E-state index contributed by atoms with van der Waals surface area (Å²) < 4.78 is 0. The lowest BCUT2D eigenvalue weighted by molar-refractivity contribution is -0.116. The van der Waals surface area contributed by atoms with Crippen molar-refractivity contribution < 1.29 is 4.79 Å². The largest absolute Gasteiger partial charge is 0.300 e. The van der Waals surface area contributed by atoms with E-state index < -0.39 is 0 Å². The second-order valence-electron chi connectivity index (χ2n) is 5.79. The minimum Gasteiger partial charge on any atom is -0.300 e. The van der Waals surface area contributed by atoms with Crippen molar-refractivity contribution >= 4 is 11.4 Å². The van der Waals surface area contributed by atoms with Crippen LogP contribution in [0.3, 0.4) is 0 Å². The van der Waals surface area contributed by atoms with Crippen LogP contribution in [0.4, 0.5) is 0 Å². The van der Waals surface area contributed by atoms with Gasteiger partial charge in [0.15, 0.2) is 0 Å². The Labute approximate surface area is 126 Å². The summed E-state index contributed by atoms with van der Waals surface area (Å²) in [6.07, 6.45) is 4.67. The molecule has 0 saturated carbocycles. The van der Waals surface area contributed by atoms with E-state index in [-0.39, 0.29) is 5.78 Å². The Morgan fingerprint density at radius 3 is 2.62 bits per heavy atom. The maximum atomic E-state index is 11.1. The molecule has 2 aromatic carbocycles. The van der Waals surface area contributed by atoms with Crippen LogP contribution in [0, 0.1) is 0 Å². The molecular weight excluding hydrogens is 256 g/mol. The van der Waals surface area contributed by atoms with Gasteiger partial charge in [0.1, 0.15) is 5.78 Å². The van der Waals surface area contributed by atoms with E-state index in [1.807, 2.05) is 0 Å². The Hall–Kier alpha value is -2.15. The lowest BCUT2D eigenvalue weighted by Crippen LogP contribution is -1.91. The predicted octanol–water partition coefficient (Wildman–Crippen LogP) is 5.03. The molecule has 0 fully saturated rings. The Bertz CT molecular complexity index is 722. The van der Waals surface area contributed by atoms with Crippen LogP contribution < -0.4 is 0 Å². The molecule has 0 bridgehead atoms. The van der Waals surface area contributed by atoms with Gasteiger partial charge >= 0.3 is 0 Å². The van der Waals surface area contributed by atoms with Gasteiger partial charge in [-0.15, -0.1) is 0 Å². The number of allylic oxidation sites excluding steroid dienone is 2. The predicted molar refractivity (Wildman–Crippen MR) is 88.3 cm³/mol. The zero-order valence-electron chi connectivity index (χ0n) is 12.6. The third-order valence-corrected chi connectivity index (χ3v) is 4.22. The van der Waals surface area contributed by atoms with Crippen LogP contribution >= 0.6 is 0 Å². The number of fused-ring (bicyclic) bond motifs is 3. The standard InChI is InChI=1S/C20H20O/c1-14(7-5-8-15(2)21)17-11-6-12-19-18-10-4-3-9-16(18)13-20(17)19/h3-4,6-7,9-12H,5,8,13H2,1-2H3. The SMILES string of the molecule is CC(=O)CCC=C(C)c1cccc2c1Cc1ccccc1-2. The zero-order valence-corrected chi connectivity index (χ0v) is 12.6. The van der Waals surface area contributed by atoms with Crippen molar-refractivity contribution in [3.63, 3.8) is 0 Å². The molecule has 0 unspecified atom stereocenters. The Balaban J connectivity index is 1.95. The van der Waals surface area contributed by atoms with Crippen molar-refractivity contribution in [1.29, 1.82) is 0 Å². The lowest BCUT2D eigenvalue weighted by atomic mass is 9.95. The number of Topliss-reactive ketones (excluding diaryl/α,β-unsaturated/α-hetero) is 1. The van der Waals surface area contributed by atoms with Crippen LogP contribution in [0.2, 0.25) is 0 Å². The van der Waals surface area contributed by atoms with Gasteiger partial charge in [0.05, 0.1) is 0 Å². The minimum absolute atomic E-state index is 0.254.